The summed E-state index contributed by atoms with van der Waals surface area (Å²) in [5.74, 6) is 1.01. The van der Waals surface area contributed by atoms with Crippen LogP contribution in [0.15, 0.2) is 18.3 Å². The number of unbranched alkanes of at least 4 members (excludes halogenated alkanes) is 4. The normalized spacial score (nSPS) is 11.9. The molecule has 0 saturated carbocycles. The van der Waals surface area contributed by atoms with Crippen molar-refractivity contribution >= 4 is 5.82 Å². The van der Waals surface area contributed by atoms with E-state index in [9.17, 15) is 0 Å². The fourth-order valence-corrected chi connectivity index (χ4v) is 3.41. The number of rotatable bonds is 14. The first-order chi connectivity index (χ1) is 12.0. The predicted molar refractivity (Wildman–Crippen MR) is 112 cm³/mol. The van der Waals surface area contributed by atoms with Gasteiger partial charge in [-0.25, -0.2) is 4.98 Å². The maximum absolute atomic E-state index is 4.69. The molecule has 0 aliphatic heterocycles. The number of nitrogens with zero attached hydrogens (tertiary/aromatic N) is 2. The Bertz CT molecular complexity index is 429. The first-order valence-electron chi connectivity index (χ1n) is 10.4. The van der Waals surface area contributed by atoms with Crippen molar-refractivity contribution in [1.82, 2.24) is 9.88 Å². The molecule has 1 N–H and O–H groups in total. The second-order valence-corrected chi connectivity index (χ2v) is 7.99. The van der Waals surface area contributed by atoms with E-state index in [1.54, 1.807) is 0 Å². The lowest BCUT2D eigenvalue weighted by Crippen LogP contribution is -2.22. The summed E-state index contributed by atoms with van der Waals surface area (Å²) in [6.07, 6.45) is 13.7. The molecule has 3 heteroatoms. The molecular formula is C22H41N3. The van der Waals surface area contributed by atoms with Gasteiger partial charge in [-0.2, -0.15) is 0 Å². The summed E-state index contributed by atoms with van der Waals surface area (Å²) in [5, 5.41) is 3.45. The second kappa shape index (κ2) is 12.3. The maximum Gasteiger partial charge on any atom is 0.125 e. The van der Waals surface area contributed by atoms with Crippen molar-refractivity contribution in [3.63, 3.8) is 0 Å². The molecule has 0 saturated heterocycles. The van der Waals surface area contributed by atoms with Crippen molar-refractivity contribution in [2.75, 3.05) is 32.5 Å². The summed E-state index contributed by atoms with van der Waals surface area (Å²) >= 11 is 0. The van der Waals surface area contributed by atoms with Crippen LogP contribution in [0.5, 0.6) is 0 Å². The van der Waals surface area contributed by atoms with Gasteiger partial charge >= 0.3 is 0 Å². The van der Waals surface area contributed by atoms with Gasteiger partial charge in [0.2, 0.25) is 0 Å². The molecule has 0 radical (unpaired) electrons. The monoisotopic (exact) mass is 347 g/mol. The SMILES string of the molecule is CCCCCC(C)(CCCCC)c1ccc(NCCCN(C)C)nc1. The second-order valence-electron chi connectivity index (χ2n) is 7.99. The summed E-state index contributed by atoms with van der Waals surface area (Å²) in [5.41, 5.74) is 1.69. The Labute approximate surface area is 156 Å². The van der Waals surface area contributed by atoms with E-state index in [4.69, 9.17) is 4.98 Å². The van der Waals surface area contributed by atoms with Gasteiger partial charge < -0.3 is 10.2 Å². The van der Waals surface area contributed by atoms with Crippen LogP contribution in [0.25, 0.3) is 0 Å². The van der Waals surface area contributed by atoms with Crippen LogP contribution in [-0.2, 0) is 5.41 Å². The Balaban J connectivity index is 2.64. The van der Waals surface area contributed by atoms with Gasteiger partial charge in [0.25, 0.3) is 0 Å². The Hall–Kier alpha value is -1.09. The van der Waals surface area contributed by atoms with E-state index < -0.39 is 0 Å². The molecule has 3 nitrogen and oxygen atoms in total. The van der Waals surface area contributed by atoms with Crippen molar-refractivity contribution in [2.45, 2.75) is 84.0 Å². The number of anilines is 1. The fourth-order valence-electron chi connectivity index (χ4n) is 3.41. The average Bonchev–Trinajstić information content (AvgIpc) is 2.59. The van der Waals surface area contributed by atoms with Gasteiger partial charge in [0.1, 0.15) is 5.82 Å². The fraction of sp³-hybridized carbons (Fsp3) is 0.773. The number of hydrogen-bond acceptors (Lipinski definition) is 3. The molecule has 0 bridgehead atoms. The third kappa shape index (κ3) is 8.71. The van der Waals surface area contributed by atoms with E-state index in [0.29, 0.717) is 0 Å². The third-order valence-electron chi connectivity index (χ3n) is 5.21. The van der Waals surface area contributed by atoms with Crippen LogP contribution >= 0.6 is 0 Å². The highest BCUT2D eigenvalue weighted by Crippen LogP contribution is 2.35. The molecule has 0 spiro atoms. The molecule has 0 amide bonds. The third-order valence-corrected chi connectivity index (χ3v) is 5.21. The molecule has 0 fully saturated rings. The Morgan fingerprint density at radius 3 is 2.08 bits per heavy atom. The lowest BCUT2D eigenvalue weighted by molar-refractivity contribution is 0.366. The summed E-state index contributed by atoms with van der Waals surface area (Å²) in [4.78, 5) is 6.91. The molecule has 1 rings (SSSR count). The predicted octanol–water partition coefficient (Wildman–Crippen LogP) is 5.86. The highest BCUT2D eigenvalue weighted by Gasteiger charge is 2.25. The van der Waals surface area contributed by atoms with Crippen molar-refractivity contribution in [1.29, 1.82) is 0 Å². The van der Waals surface area contributed by atoms with E-state index >= 15 is 0 Å². The highest BCUT2D eigenvalue weighted by molar-refractivity contribution is 5.37. The van der Waals surface area contributed by atoms with E-state index in [1.165, 1.54) is 56.9 Å². The Kier molecular flexibility index (Phi) is 10.8. The number of hydrogen-bond donors (Lipinski definition) is 1. The van der Waals surface area contributed by atoms with E-state index in [-0.39, 0.29) is 5.41 Å². The maximum atomic E-state index is 4.69. The molecule has 0 aliphatic carbocycles. The lowest BCUT2D eigenvalue weighted by Gasteiger charge is -2.30. The van der Waals surface area contributed by atoms with Gasteiger partial charge in [0.05, 0.1) is 0 Å². The van der Waals surface area contributed by atoms with Gasteiger partial charge in [0, 0.05) is 12.7 Å². The van der Waals surface area contributed by atoms with Gasteiger partial charge in [-0.3, -0.25) is 0 Å². The standard InChI is InChI=1S/C22H41N3/c1-6-8-10-15-22(3,16-11-9-7-2)20-13-14-21(24-19-20)23-17-12-18-25(4)5/h13-14,19H,6-12,15-18H2,1-5H3,(H,23,24). The number of aromatic nitrogens is 1. The average molecular weight is 348 g/mol. The van der Waals surface area contributed by atoms with Crippen LogP contribution in [-0.4, -0.2) is 37.1 Å². The smallest absolute Gasteiger partial charge is 0.125 e. The van der Waals surface area contributed by atoms with Crippen molar-refractivity contribution < 1.29 is 0 Å². The largest absolute Gasteiger partial charge is 0.370 e. The molecule has 0 unspecified atom stereocenters. The van der Waals surface area contributed by atoms with Crippen molar-refractivity contribution in [3.05, 3.63) is 23.9 Å². The van der Waals surface area contributed by atoms with Crippen molar-refractivity contribution in [3.8, 4) is 0 Å². The Morgan fingerprint density at radius 1 is 0.960 bits per heavy atom. The topological polar surface area (TPSA) is 28.2 Å². The number of nitrogens with one attached hydrogen (secondary N) is 1. The van der Waals surface area contributed by atoms with E-state index in [0.717, 1.165) is 25.3 Å². The molecule has 1 aromatic heterocycles. The highest BCUT2D eigenvalue weighted by atomic mass is 15.1. The van der Waals surface area contributed by atoms with Crippen LogP contribution < -0.4 is 5.32 Å². The van der Waals surface area contributed by atoms with E-state index in [1.807, 2.05) is 0 Å². The molecule has 25 heavy (non-hydrogen) atoms. The zero-order valence-corrected chi connectivity index (χ0v) is 17.4. The van der Waals surface area contributed by atoms with Gasteiger partial charge in [-0.1, -0.05) is 65.4 Å². The van der Waals surface area contributed by atoms with Crippen LogP contribution in [0.2, 0.25) is 0 Å². The lowest BCUT2D eigenvalue weighted by atomic mass is 9.75. The molecular weight excluding hydrogens is 306 g/mol. The van der Waals surface area contributed by atoms with Gasteiger partial charge in [-0.05, 0) is 56.9 Å². The minimum absolute atomic E-state index is 0.279. The zero-order valence-electron chi connectivity index (χ0n) is 17.4. The van der Waals surface area contributed by atoms with Gasteiger partial charge in [-0.15, -0.1) is 0 Å². The molecule has 0 aliphatic rings. The van der Waals surface area contributed by atoms with Crippen LogP contribution in [0.4, 0.5) is 5.82 Å². The molecule has 1 aromatic rings. The number of pyridine rings is 1. The summed E-state index contributed by atoms with van der Waals surface area (Å²) in [7, 11) is 4.23. The van der Waals surface area contributed by atoms with Gasteiger partial charge in [0.15, 0.2) is 0 Å². The molecule has 0 atom stereocenters. The quantitative estimate of drug-likeness (QED) is 0.427. The first-order valence-corrected chi connectivity index (χ1v) is 10.4. The van der Waals surface area contributed by atoms with Crippen molar-refractivity contribution in [2.24, 2.45) is 0 Å². The molecule has 144 valence electrons. The van der Waals surface area contributed by atoms with Crippen LogP contribution in [0.1, 0.15) is 84.1 Å². The minimum atomic E-state index is 0.279. The zero-order chi connectivity index (χ0) is 18.5. The summed E-state index contributed by atoms with van der Waals surface area (Å²) in [6.45, 7) is 9.10. The van der Waals surface area contributed by atoms with Crippen LogP contribution in [0.3, 0.4) is 0 Å². The molecule has 0 aromatic carbocycles. The first kappa shape index (κ1) is 22.0. The van der Waals surface area contributed by atoms with Crippen LogP contribution in [0, 0.1) is 0 Å². The minimum Gasteiger partial charge on any atom is -0.370 e. The summed E-state index contributed by atoms with van der Waals surface area (Å²) < 4.78 is 0. The Morgan fingerprint density at radius 2 is 1.60 bits per heavy atom. The summed E-state index contributed by atoms with van der Waals surface area (Å²) in [6, 6.07) is 4.47. The van der Waals surface area contributed by atoms with E-state index in [2.05, 4.69) is 63.4 Å². The molecule has 1 heterocycles.